The summed E-state index contributed by atoms with van der Waals surface area (Å²) >= 11 is 0. The SMILES string of the molecule is Cc1cccn2cc(CCNC(=O)c3ccc4c(n3)CCCC4)nc12. The minimum Gasteiger partial charge on any atom is -0.350 e. The highest BCUT2D eigenvalue weighted by atomic mass is 16.1. The number of aryl methyl sites for hydroxylation is 3. The van der Waals surface area contributed by atoms with Crippen LogP contribution < -0.4 is 5.32 Å². The number of carbonyl (C=O) groups is 1. The van der Waals surface area contributed by atoms with Gasteiger partial charge in [-0.3, -0.25) is 4.79 Å². The van der Waals surface area contributed by atoms with Gasteiger partial charge < -0.3 is 9.72 Å². The average molecular weight is 334 g/mol. The molecule has 0 atom stereocenters. The lowest BCUT2D eigenvalue weighted by Gasteiger charge is -2.15. The van der Waals surface area contributed by atoms with Gasteiger partial charge in [-0.05, 0) is 55.9 Å². The molecule has 0 saturated carbocycles. The van der Waals surface area contributed by atoms with Gasteiger partial charge in [0.05, 0.1) is 5.69 Å². The van der Waals surface area contributed by atoms with Crippen molar-refractivity contribution in [3.05, 3.63) is 64.9 Å². The van der Waals surface area contributed by atoms with E-state index < -0.39 is 0 Å². The number of fused-ring (bicyclic) bond motifs is 2. The Labute approximate surface area is 147 Å². The van der Waals surface area contributed by atoms with Crippen molar-refractivity contribution >= 4 is 11.6 Å². The molecule has 128 valence electrons. The fraction of sp³-hybridized carbons (Fsp3) is 0.350. The molecule has 3 aromatic heterocycles. The van der Waals surface area contributed by atoms with E-state index in [1.807, 2.05) is 28.9 Å². The monoisotopic (exact) mass is 334 g/mol. The first-order valence-electron chi connectivity index (χ1n) is 8.91. The zero-order valence-corrected chi connectivity index (χ0v) is 14.5. The minimum absolute atomic E-state index is 0.103. The van der Waals surface area contributed by atoms with Crippen LogP contribution in [0.15, 0.2) is 36.7 Å². The maximum absolute atomic E-state index is 12.3. The summed E-state index contributed by atoms with van der Waals surface area (Å²) < 4.78 is 2.03. The number of hydrogen-bond donors (Lipinski definition) is 1. The number of nitrogens with one attached hydrogen (secondary N) is 1. The van der Waals surface area contributed by atoms with E-state index in [0.717, 1.165) is 35.4 Å². The van der Waals surface area contributed by atoms with Crippen molar-refractivity contribution in [1.29, 1.82) is 0 Å². The number of imidazole rings is 1. The van der Waals surface area contributed by atoms with Gasteiger partial charge in [-0.15, -0.1) is 0 Å². The molecule has 1 amide bonds. The zero-order chi connectivity index (χ0) is 17.2. The minimum atomic E-state index is -0.103. The average Bonchev–Trinajstić information content (AvgIpc) is 3.05. The highest BCUT2D eigenvalue weighted by Crippen LogP contribution is 2.19. The molecular formula is C20H22N4O. The molecular weight excluding hydrogens is 312 g/mol. The molecule has 5 heteroatoms. The largest absolute Gasteiger partial charge is 0.350 e. The van der Waals surface area contributed by atoms with Crippen molar-refractivity contribution < 1.29 is 4.79 Å². The van der Waals surface area contributed by atoms with Crippen molar-refractivity contribution in [2.75, 3.05) is 6.54 Å². The number of aromatic nitrogens is 3. The smallest absolute Gasteiger partial charge is 0.269 e. The van der Waals surface area contributed by atoms with Crippen LogP contribution in [0.2, 0.25) is 0 Å². The molecule has 1 aliphatic rings. The second-order valence-electron chi connectivity index (χ2n) is 6.67. The van der Waals surface area contributed by atoms with E-state index in [1.165, 1.54) is 18.4 Å². The number of nitrogens with zero attached hydrogens (tertiary/aromatic N) is 3. The predicted molar refractivity (Wildman–Crippen MR) is 96.8 cm³/mol. The molecule has 0 unspecified atom stereocenters. The fourth-order valence-electron chi connectivity index (χ4n) is 3.43. The van der Waals surface area contributed by atoms with Gasteiger partial charge in [0.25, 0.3) is 5.91 Å². The van der Waals surface area contributed by atoms with Crippen molar-refractivity contribution in [3.8, 4) is 0 Å². The third-order valence-electron chi connectivity index (χ3n) is 4.81. The molecule has 0 aliphatic heterocycles. The van der Waals surface area contributed by atoms with E-state index in [1.54, 1.807) is 0 Å². The maximum atomic E-state index is 12.3. The predicted octanol–water partition coefficient (Wildman–Crippen LogP) is 2.89. The molecule has 0 radical (unpaired) electrons. The molecule has 1 aliphatic carbocycles. The molecule has 3 heterocycles. The van der Waals surface area contributed by atoms with Crippen LogP contribution in [0.1, 0.15) is 45.8 Å². The summed E-state index contributed by atoms with van der Waals surface area (Å²) in [5, 5.41) is 2.96. The van der Waals surface area contributed by atoms with Gasteiger partial charge in [0, 0.05) is 31.1 Å². The van der Waals surface area contributed by atoms with Crippen LogP contribution in [0.4, 0.5) is 0 Å². The van der Waals surface area contributed by atoms with Gasteiger partial charge in [-0.1, -0.05) is 12.1 Å². The van der Waals surface area contributed by atoms with Crippen LogP contribution in [-0.4, -0.2) is 26.8 Å². The topological polar surface area (TPSA) is 59.3 Å². The van der Waals surface area contributed by atoms with Crippen LogP contribution in [0.5, 0.6) is 0 Å². The van der Waals surface area contributed by atoms with E-state index >= 15 is 0 Å². The summed E-state index contributed by atoms with van der Waals surface area (Å²) in [6.45, 7) is 2.61. The first-order valence-corrected chi connectivity index (χ1v) is 8.91. The molecule has 1 N–H and O–H groups in total. The Kier molecular flexibility index (Phi) is 4.22. The van der Waals surface area contributed by atoms with Gasteiger partial charge in [-0.25, -0.2) is 9.97 Å². The number of hydrogen-bond acceptors (Lipinski definition) is 3. The summed E-state index contributed by atoms with van der Waals surface area (Å²) in [5.41, 5.74) is 6.01. The summed E-state index contributed by atoms with van der Waals surface area (Å²) in [6, 6.07) is 7.96. The second-order valence-corrected chi connectivity index (χ2v) is 6.67. The normalized spacial score (nSPS) is 13.6. The summed E-state index contributed by atoms with van der Waals surface area (Å²) in [6.07, 6.45) is 9.17. The maximum Gasteiger partial charge on any atom is 0.269 e. The van der Waals surface area contributed by atoms with Gasteiger partial charge in [0.2, 0.25) is 0 Å². The van der Waals surface area contributed by atoms with Crippen molar-refractivity contribution in [2.45, 2.75) is 39.0 Å². The number of pyridine rings is 2. The molecule has 5 nitrogen and oxygen atoms in total. The van der Waals surface area contributed by atoms with Gasteiger partial charge in [-0.2, -0.15) is 0 Å². The Morgan fingerprint density at radius 1 is 1.20 bits per heavy atom. The number of amides is 1. The lowest BCUT2D eigenvalue weighted by atomic mass is 9.96. The van der Waals surface area contributed by atoms with E-state index in [0.29, 0.717) is 18.7 Å². The molecule has 0 spiro atoms. The third kappa shape index (κ3) is 3.27. The van der Waals surface area contributed by atoms with Gasteiger partial charge >= 0.3 is 0 Å². The third-order valence-corrected chi connectivity index (χ3v) is 4.81. The highest BCUT2D eigenvalue weighted by molar-refractivity contribution is 5.92. The van der Waals surface area contributed by atoms with Crippen LogP contribution in [0.25, 0.3) is 5.65 Å². The lowest BCUT2D eigenvalue weighted by molar-refractivity contribution is 0.0949. The van der Waals surface area contributed by atoms with Gasteiger partial charge in [0.1, 0.15) is 11.3 Å². The quantitative estimate of drug-likeness (QED) is 0.798. The Bertz CT molecular complexity index is 929. The molecule has 0 saturated heterocycles. The van der Waals surface area contributed by atoms with Crippen LogP contribution >= 0.6 is 0 Å². The first kappa shape index (κ1) is 15.8. The van der Waals surface area contributed by atoms with Crippen LogP contribution in [0, 0.1) is 6.92 Å². The zero-order valence-electron chi connectivity index (χ0n) is 14.5. The van der Waals surface area contributed by atoms with Crippen molar-refractivity contribution in [2.24, 2.45) is 0 Å². The summed E-state index contributed by atoms with van der Waals surface area (Å²) in [5.74, 6) is -0.103. The molecule has 0 aromatic carbocycles. The van der Waals surface area contributed by atoms with Crippen molar-refractivity contribution in [3.63, 3.8) is 0 Å². The molecule has 25 heavy (non-hydrogen) atoms. The van der Waals surface area contributed by atoms with E-state index in [9.17, 15) is 4.79 Å². The number of carbonyl (C=O) groups excluding carboxylic acids is 1. The van der Waals surface area contributed by atoms with Gasteiger partial charge in [0.15, 0.2) is 0 Å². The Hall–Kier alpha value is -2.69. The molecule has 0 bridgehead atoms. The highest BCUT2D eigenvalue weighted by Gasteiger charge is 2.14. The Morgan fingerprint density at radius 3 is 2.96 bits per heavy atom. The second kappa shape index (κ2) is 6.67. The van der Waals surface area contributed by atoms with Crippen molar-refractivity contribution in [1.82, 2.24) is 19.7 Å². The lowest BCUT2D eigenvalue weighted by Crippen LogP contribution is -2.27. The van der Waals surface area contributed by atoms with Crippen LogP contribution in [0.3, 0.4) is 0 Å². The molecule has 3 aromatic rings. The Morgan fingerprint density at radius 2 is 2.08 bits per heavy atom. The van der Waals surface area contributed by atoms with Crippen LogP contribution in [-0.2, 0) is 19.3 Å². The summed E-state index contributed by atoms with van der Waals surface area (Å²) in [7, 11) is 0. The van der Waals surface area contributed by atoms with E-state index in [4.69, 9.17) is 0 Å². The fourth-order valence-corrected chi connectivity index (χ4v) is 3.43. The van der Waals surface area contributed by atoms with E-state index in [-0.39, 0.29) is 5.91 Å². The Balaban J connectivity index is 1.39. The summed E-state index contributed by atoms with van der Waals surface area (Å²) in [4.78, 5) is 21.5. The van der Waals surface area contributed by atoms with E-state index in [2.05, 4.69) is 34.3 Å². The standard InChI is InChI=1S/C20H22N4O/c1-14-5-4-12-24-13-16(22-19(14)24)10-11-21-20(25)18-9-8-15-6-2-3-7-17(15)23-18/h4-5,8-9,12-13H,2-3,6-7,10-11H2,1H3,(H,21,25). The number of rotatable bonds is 4. The first-order chi connectivity index (χ1) is 12.2. The molecule has 4 rings (SSSR count). The molecule has 0 fully saturated rings.